The Morgan fingerprint density at radius 2 is 2.38 bits per heavy atom. The molecule has 0 bridgehead atoms. The van der Waals surface area contributed by atoms with E-state index in [0.29, 0.717) is 24.2 Å². The van der Waals surface area contributed by atoms with Crippen LogP contribution in [0.15, 0.2) is 6.20 Å². The number of nitrogens with zero attached hydrogens (tertiary/aromatic N) is 2. The van der Waals surface area contributed by atoms with Gasteiger partial charge in [-0.05, 0) is 12.8 Å². The molecule has 16 heavy (non-hydrogen) atoms. The topological polar surface area (TPSA) is 79.9 Å². The monoisotopic (exact) mass is 288 g/mol. The largest absolute Gasteiger partial charge is 0.381 e. The SMILES string of the molecule is O=C(NC1(CBr)CCOCC1)c1cn[nH]n1. The van der Waals surface area contributed by atoms with Crippen molar-refractivity contribution in [1.29, 1.82) is 0 Å². The summed E-state index contributed by atoms with van der Waals surface area (Å²) in [5, 5.41) is 13.5. The Morgan fingerprint density at radius 1 is 1.62 bits per heavy atom. The van der Waals surface area contributed by atoms with Crippen molar-refractivity contribution in [3.05, 3.63) is 11.9 Å². The third-order valence-corrected chi connectivity index (χ3v) is 3.81. The van der Waals surface area contributed by atoms with Crippen molar-refractivity contribution in [3.63, 3.8) is 0 Å². The zero-order valence-electron chi connectivity index (χ0n) is 8.70. The van der Waals surface area contributed by atoms with Gasteiger partial charge >= 0.3 is 0 Å². The summed E-state index contributed by atoms with van der Waals surface area (Å²) in [5.74, 6) is -0.199. The molecule has 0 spiro atoms. The van der Waals surface area contributed by atoms with Crippen LogP contribution in [0.3, 0.4) is 0 Å². The van der Waals surface area contributed by atoms with Gasteiger partial charge in [-0.3, -0.25) is 4.79 Å². The van der Waals surface area contributed by atoms with E-state index in [2.05, 4.69) is 36.7 Å². The number of hydrogen-bond donors (Lipinski definition) is 2. The summed E-state index contributed by atoms with van der Waals surface area (Å²) in [7, 11) is 0. The van der Waals surface area contributed by atoms with Gasteiger partial charge in [-0.25, -0.2) is 0 Å². The fraction of sp³-hybridized carbons (Fsp3) is 0.667. The van der Waals surface area contributed by atoms with Crippen molar-refractivity contribution in [2.45, 2.75) is 18.4 Å². The summed E-state index contributed by atoms with van der Waals surface area (Å²) >= 11 is 3.45. The highest BCUT2D eigenvalue weighted by atomic mass is 79.9. The number of aromatic amines is 1. The molecule has 88 valence electrons. The minimum Gasteiger partial charge on any atom is -0.381 e. The molecule has 1 amide bonds. The molecule has 1 fully saturated rings. The number of alkyl halides is 1. The van der Waals surface area contributed by atoms with Gasteiger partial charge in [0.05, 0.1) is 11.7 Å². The number of H-pyrrole nitrogens is 1. The summed E-state index contributed by atoms with van der Waals surface area (Å²) in [4.78, 5) is 11.8. The van der Waals surface area contributed by atoms with Gasteiger partial charge in [0.15, 0.2) is 5.69 Å². The molecule has 0 aliphatic carbocycles. The summed E-state index contributed by atoms with van der Waals surface area (Å²) in [5.41, 5.74) is 0.0840. The van der Waals surface area contributed by atoms with Crippen LogP contribution >= 0.6 is 15.9 Å². The van der Waals surface area contributed by atoms with Crippen LogP contribution in [0.5, 0.6) is 0 Å². The number of carbonyl (C=O) groups excluding carboxylic acids is 1. The molecule has 0 unspecified atom stereocenters. The van der Waals surface area contributed by atoms with Gasteiger partial charge < -0.3 is 10.1 Å². The van der Waals surface area contributed by atoms with Crippen molar-refractivity contribution in [2.24, 2.45) is 0 Å². The molecule has 0 atom stereocenters. The number of carbonyl (C=O) groups is 1. The molecule has 7 heteroatoms. The molecule has 1 saturated heterocycles. The van der Waals surface area contributed by atoms with Crippen molar-refractivity contribution in [1.82, 2.24) is 20.7 Å². The molecule has 1 aliphatic heterocycles. The van der Waals surface area contributed by atoms with Gasteiger partial charge in [0.25, 0.3) is 5.91 Å². The van der Waals surface area contributed by atoms with E-state index < -0.39 is 0 Å². The molecule has 0 radical (unpaired) electrons. The number of aromatic nitrogens is 3. The second-order valence-corrected chi connectivity index (χ2v) is 4.40. The zero-order valence-corrected chi connectivity index (χ0v) is 10.3. The molecule has 1 aliphatic rings. The molecule has 6 nitrogen and oxygen atoms in total. The number of ether oxygens (including phenoxy) is 1. The fourth-order valence-electron chi connectivity index (χ4n) is 1.67. The molecule has 1 aromatic heterocycles. The highest BCUT2D eigenvalue weighted by Gasteiger charge is 2.33. The zero-order chi connectivity index (χ0) is 11.4. The van der Waals surface area contributed by atoms with E-state index >= 15 is 0 Å². The van der Waals surface area contributed by atoms with Crippen molar-refractivity contribution < 1.29 is 9.53 Å². The standard InChI is InChI=1S/C9H13BrN4O2/c10-6-9(1-3-16-4-2-9)12-8(15)7-5-11-14-13-7/h5H,1-4,6H2,(H,12,15)(H,11,13,14). The maximum Gasteiger partial charge on any atom is 0.273 e. The Morgan fingerprint density at radius 3 is 2.94 bits per heavy atom. The Balaban J connectivity index is 2.03. The lowest BCUT2D eigenvalue weighted by Crippen LogP contribution is -2.53. The van der Waals surface area contributed by atoms with Gasteiger partial charge in [0.2, 0.25) is 0 Å². The van der Waals surface area contributed by atoms with Crippen LogP contribution in [0.1, 0.15) is 23.3 Å². The van der Waals surface area contributed by atoms with E-state index in [1.807, 2.05) is 0 Å². The average Bonchev–Trinajstić information content (AvgIpc) is 2.84. The molecule has 0 aromatic carbocycles. The summed E-state index contributed by atoms with van der Waals surface area (Å²) < 4.78 is 5.29. The van der Waals surface area contributed by atoms with Crippen LogP contribution in [-0.2, 0) is 4.74 Å². The van der Waals surface area contributed by atoms with Crippen LogP contribution < -0.4 is 5.32 Å². The second-order valence-electron chi connectivity index (χ2n) is 3.84. The first-order valence-electron chi connectivity index (χ1n) is 5.08. The van der Waals surface area contributed by atoms with Crippen molar-refractivity contribution in [2.75, 3.05) is 18.5 Å². The van der Waals surface area contributed by atoms with Gasteiger partial charge in [-0.2, -0.15) is 15.4 Å². The van der Waals surface area contributed by atoms with Crippen LogP contribution in [0.2, 0.25) is 0 Å². The minimum absolute atomic E-state index is 0.199. The maximum absolute atomic E-state index is 11.8. The van der Waals surface area contributed by atoms with Crippen molar-refractivity contribution in [3.8, 4) is 0 Å². The predicted molar refractivity (Wildman–Crippen MR) is 60.4 cm³/mol. The number of halogens is 1. The number of nitrogens with one attached hydrogen (secondary N) is 2. The molecule has 2 rings (SSSR count). The highest BCUT2D eigenvalue weighted by Crippen LogP contribution is 2.23. The second kappa shape index (κ2) is 4.92. The number of hydrogen-bond acceptors (Lipinski definition) is 4. The normalized spacial score (nSPS) is 19.3. The molecule has 1 aromatic rings. The Kier molecular flexibility index (Phi) is 3.55. The first-order valence-corrected chi connectivity index (χ1v) is 6.20. The van der Waals surface area contributed by atoms with Gasteiger partial charge in [0.1, 0.15) is 0 Å². The van der Waals surface area contributed by atoms with E-state index in [1.54, 1.807) is 0 Å². The average molecular weight is 289 g/mol. The number of amides is 1. The number of rotatable bonds is 3. The Bertz CT molecular complexity index is 348. The van der Waals surface area contributed by atoms with Gasteiger partial charge in [-0.15, -0.1) is 0 Å². The lowest BCUT2D eigenvalue weighted by Gasteiger charge is -2.36. The van der Waals surface area contributed by atoms with E-state index in [1.165, 1.54) is 6.20 Å². The van der Waals surface area contributed by atoms with Crippen LogP contribution in [0.25, 0.3) is 0 Å². The smallest absolute Gasteiger partial charge is 0.273 e. The van der Waals surface area contributed by atoms with Gasteiger partial charge in [-0.1, -0.05) is 15.9 Å². The van der Waals surface area contributed by atoms with Crippen LogP contribution in [0, 0.1) is 0 Å². The minimum atomic E-state index is -0.228. The third-order valence-electron chi connectivity index (χ3n) is 2.73. The van der Waals surface area contributed by atoms with E-state index in [-0.39, 0.29) is 11.4 Å². The fourth-order valence-corrected chi connectivity index (χ4v) is 2.37. The first kappa shape index (κ1) is 11.5. The molecule has 2 N–H and O–H groups in total. The summed E-state index contributed by atoms with van der Waals surface area (Å²) in [6.07, 6.45) is 3.03. The molecular formula is C9H13BrN4O2. The Labute approximate surface area is 101 Å². The molecule has 0 saturated carbocycles. The third kappa shape index (κ3) is 2.41. The van der Waals surface area contributed by atoms with E-state index in [0.717, 1.165) is 12.8 Å². The molecule has 2 heterocycles. The van der Waals surface area contributed by atoms with Crippen LogP contribution in [0.4, 0.5) is 0 Å². The molecular weight excluding hydrogens is 276 g/mol. The van der Waals surface area contributed by atoms with E-state index in [9.17, 15) is 4.79 Å². The lowest BCUT2D eigenvalue weighted by molar-refractivity contribution is 0.0440. The summed E-state index contributed by atoms with van der Waals surface area (Å²) in [6.45, 7) is 1.34. The van der Waals surface area contributed by atoms with E-state index in [4.69, 9.17) is 4.74 Å². The van der Waals surface area contributed by atoms with Crippen LogP contribution in [-0.4, -0.2) is 45.4 Å². The highest BCUT2D eigenvalue weighted by molar-refractivity contribution is 9.09. The predicted octanol–water partition coefficient (Wildman–Crippen LogP) is 0.479. The maximum atomic E-state index is 11.8. The van der Waals surface area contributed by atoms with Crippen molar-refractivity contribution >= 4 is 21.8 Å². The quantitative estimate of drug-likeness (QED) is 0.793. The first-order chi connectivity index (χ1) is 7.76. The lowest BCUT2D eigenvalue weighted by atomic mass is 9.92. The summed E-state index contributed by atoms with van der Waals surface area (Å²) in [6, 6.07) is 0. The van der Waals surface area contributed by atoms with Gasteiger partial charge in [0, 0.05) is 18.5 Å². The Hall–Kier alpha value is -0.950.